The lowest BCUT2D eigenvalue weighted by atomic mass is 10.1. The minimum absolute atomic E-state index is 0.0859. The highest BCUT2D eigenvalue weighted by Gasteiger charge is 2.24. The van der Waals surface area contributed by atoms with Crippen LogP contribution in [0.15, 0.2) is 17.5 Å². The molecule has 1 amide bonds. The van der Waals surface area contributed by atoms with E-state index >= 15 is 0 Å². The monoisotopic (exact) mass is 339 g/mol. The van der Waals surface area contributed by atoms with E-state index in [9.17, 15) is 4.79 Å². The third-order valence-corrected chi connectivity index (χ3v) is 5.25. The molecule has 23 heavy (non-hydrogen) atoms. The third-order valence-electron chi connectivity index (χ3n) is 4.28. The summed E-state index contributed by atoms with van der Waals surface area (Å²) in [4.78, 5) is 15.9. The summed E-state index contributed by atoms with van der Waals surface area (Å²) < 4.78 is 10.8. The third kappa shape index (κ3) is 4.99. The molecule has 0 saturated carbocycles. The van der Waals surface area contributed by atoms with Gasteiger partial charge in [0.2, 0.25) is 5.91 Å². The first kappa shape index (κ1) is 16.9. The summed E-state index contributed by atoms with van der Waals surface area (Å²) >= 11 is 1.75. The van der Waals surface area contributed by atoms with E-state index in [1.54, 1.807) is 11.3 Å². The van der Waals surface area contributed by atoms with Crippen LogP contribution in [0.1, 0.15) is 17.3 Å². The largest absolute Gasteiger partial charge is 0.379 e. The number of morpholine rings is 2. The maximum absolute atomic E-state index is 12.2. The van der Waals surface area contributed by atoms with Crippen LogP contribution < -0.4 is 10.6 Å². The van der Waals surface area contributed by atoms with Gasteiger partial charge in [0, 0.05) is 43.5 Å². The first-order valence-corrected chi connectivity index (χ1v) is 9.14. The van der Waals surface area contributed by atoms with Crippen LogP contribution >= 0.6 is 11.3 Å². The minimum atomic E-state index is 0.0859. The van der Waals surface area contributed by atoms with Crippen molar-refractivity contribution < 1.29 is 14.3 Å². The van der Waals surface area contributed by atoms with Crippen LogP contribution in [0.2, 0.25) is 0 Å². The van der Waals surface area contributed by atoms with Gasteiger partial charge in [0.15, 0.2) is 0 Å². The number of thiophene rings is 1. The highest BCUT2D eigenvalue weighted by atomic mass is 32.1. The maximum atomic E-state index is 12.2. The molecule has 3 rings (SSSR count). The summed E-state index contributed by atoms with van der Waals surface area (Å²) in [5.74, 6) is 0.0859. The highest BCUT2D eigenvalue weighted by molar-refractivity contribution is 7.10. The van der Waals surface area contributed by atoms with Gasteiger partial charge in [-0.05, 0) is 11.4 Å². The van der Waals surface area contributed by atoms with E-state index < -0.39 is 0 Å². The molecule has 1 aromatic heterocycles. The van der Waals surface area contributed by atoms with Crippen LogP contribution in [0.25, 0.3) is 0 Å². The van der Waals surface area contributed by atoms with Crippen molar-refractivity contribution in [2.75, 3.05) is 52.6 Å². The average Bonchev–Trinajstić information content (AvgIpc) is 3.11. The number of carbonyl (C=O) groups is 1. The number of nitrogens with zero attached hydrogens (tertiary/aromatic N) is 1. The second-order valence-electron chi connectivity index (χ2n) is 5.91. The molecule has 7 heteroatoms. The van der Waals surface area contributed by atoms with Gasteiger partial charge in [0.1, 0.15) is 0 Å². The van der Waals surface area contributed by atoms with Gasteiger partial charge in [0.05, 0.1) is 32.5 Å². The van der Waals surface area contributed by atoms with Gasteiger partial charge in [-0.15, -0.1) is 11.3 Å². The quantitative estimate of drug-likeness (QED) is 0.795. The van der Waals surface area contributed by atoms with E-state index in [4.69, 9.17) is 9.47 Å². The fourth-order valence-electron chi connectivity index (χ4n) is 3.04. The molecule has 0 radical (unpaired) electrons. The first-order valence-electron chi connectivity index (χ1n) is 8.26. The molecule has 2 fully saturated rings. The van der Waals surface area contributed by atoms with Gasteiger partial charge in [-0.1, -0.05) is 6.07 Å². The predicted molar refractivity (Wildman–Crippen MR) is 89.7 cm³/mol. The van der Waals surface area contributed by atoms with E-state index in [-0.39, 0.29) is 18.0 Å². The smallest absolute Gasteiger partial charge is 0.221 e. The van der Waals surface area contributed by atoms with Crippen molar-refractivity contribution in [3.05, 3.63) is 22.4 Å². The normalized spacial score (nSPS) is 24.3. The van der Waals surface area contributed by atoms with Gasteiger partial charge in [-0.3, -0.25) is 9.69 Å². The Balaban J connectivity index is 1.52. The maximum Gasteiger partial charge on any atom is 0.221 e. The lowest BCUT2D eigenvalue weighted by Crippen LogP contribution is -2.46. The molecular weight excluding hydrogens is 314 g/mol. The van der Waals surface area contributed by atoms with Crippen LogP contribution in [-0.4, -0.2) is 69.5 Å². The molecular formula is C16H25N3O3S. The summed E-state index contributed by atoms with van der Waals surface area (Å²) in [6.07, 6.45) is 0.472. The van der Waals surface area contributed by atoms with Crippen molar-refractivity contribution in [2.45, 2.75) is 18.5 Å². The molecule has 2 unspecified atom stereocenters. The zero-order valence-electron chi connectivity index (χ0n) is 13.3. The van der Waals surface area contributed by atoms with Crippen molar-refractivity contribution >= 4 is 17.2 Å². The average molecular weight is 339 g/mol. The molecule has 2 saturated heterocycles. The van der Waals surface area contributed by atoms with Crippen LogP contribution in [0.5, 0.6) is 0 Å². The lowest BCUT2D eigenvalue weighted by molar-refractivity contribution is -0.122. The lowest BCUT2D eigenvalue weighted by Gasteiger charge is -2.34. The van der Waals surface area contributed by atoms with Gasteiger partial charge < -0.3 is 20.1 Å². The summed E-state index contributed by atoms with van der Waals surface area (Å²) in [6.45, 7) is 6.17. The molecule has 2 aliphatic heterocycles. The van der Waals surface area contributed by atoms with E-state index in [0.29, 0.717) is 19.6 Å². The van der Waals surface area contributed by atoms with Gasteiger partial charge in [-0.2, -0.15) is 0 Å². The van der Waals surface area contributed by atoms with Crippen molar-refractivity contribution in [1.82, 2.24) is 15.5 Å². The fourth-order valence-corrected chi connectivity index (χ4v) is 3.90. The molecule has 0 bridgehead atoms. The number of rotatable bonds is 6. The molecule has 0 aliphatic carbocycles. The van der Waals surface area contributed by atoms with Crippen LogP contribution in [0.4, 0.5) is 0 Å². The molecule has 2 atom stereocenters. The molecule has 2 aliphatic rings. The Bertz CT molecular complexity index is 471. The van der Waals surface area contributed by atoms with Crippen molar-refractivity contribution in [3.8, 4) is 0 Å². The second-order valence-corrected chi connectivity index (χ2v) is 6.89. The SMILES string of the molecule is O=C(CC1COCCN1)NCC(c1cccs1)N1CCOCC1. The van der Waals surface area contributed by atoms with E-state index in [0.717, 1.165) is 39.5 Å². The summed E-state index contributed by atoms with van der Waals surface area (Å²) in [5.41, 5.74) is 0. The van der Waals surface area contributed by atoms with E-state index in [1.165, 1.54) is 4.88 Å². The zero-order chi connectivity index (χ0) is 15.9. The van der Waals surface area contributed by atoms with Gasteiger partial charge >= 0.3 is 0 Å². The molecule has 128 valence electrons. The van der Waals surface area contributed by atoms with Crippen LogP contribution in [0.3, 0.4) is 0 Å². The number of amides is 1. The summed E-state index contributed by atoms with van der Waals surface area (Å²) in [7, 11) is 0. The van der Waals surface area contributed by atoms with Gasteiger partial charge in [-0.25, -0.2) is 0 Å². The predicted octanol–water partition coefficient (Wildman–Crippen LogP) is 0.616. The second kappa shape index (κ2) is 8.75. The fraction of sp³-hybridized carbons (Fsp3) is 0.688. The van der Waals surface area contributed by atoms with Gasteiger partial charge in [0.25, 0.3) is 0 Å². The number of ether oxygens (including phenoxy) is 2. The topological polar surface area (TPSA) is 62.8 Å². The Morgan fingerprint density at radius 2 is 2.26 bits per heavy atom. The zero-order valence-corrected chi connectivity index (χ0v) is 14.1. The molecule has 2 N–H and O–H groups in total. The Labute approximate surface area is 141 Å². The number of nitrogens with one attached hydrogen (secondary N) is 2. The molecule has 3 heterocycles. The summed E-state index contributed by atoms with van der Waals surface area (Å²) in [6, 6.07) is 4.58. The Morgan fingerprint density at radius 3 is 2.96 bits per heavy atom. The Hall–Kier alpha value is -0.990. The minimum Gasteiger partial charge on any atom is -0.379 e. The van der Waals surface area contributed by atoms with Crippen molar-refractivity contribution in [3.63, 3.8) is 0 Å². The van der Waals surface area contributed by atoms with Crippen LogP contribution in [0, 0.1) is 0 Å². The number of carbonyl (C=O) groups excluding carboxylic acids is 1. The molecule has 0 spiro atoms. The molecule has 1 aromatic rings. The Kier molecular flexibility index (Phi) is 6.41. The summed E-state index contributed by atoms with van der Waals surface area (Å²) in [5, 5.41) is 8.51. The standard InChI is InChI=1S/C16H25N3O3S/c20-16(10-13-12-22-6-3-17-13)18-11-14(15-2-1-9-23-15)19-4-7-21-8-5-19/h1-2,9,13-14,17H,3-8,10-12H2,(H,18,20). The first-order chi connectivity index (χ1) is 11.3. The van der Waals surface area contributed by atoms with E-state index in [1.807, 2.05) is 0 Å². The van der Waals surface area contributed by atoms with Crippen molar-refractivity contribution in [1.29, 1.82) is 0 Å². The highest BCUT2D eigenvalue weighted by Crippen LogP contribution is 2.25. The number of hydrogen-bond acceptors (Lipinski definition) is 6. The Morgan fingerprint density at radius 1 is 1.39 bits per heavy atom. The van der Waals surface area contributed by atoms with Crippen LogP contribution in [-0.2, 0) is 14.3 Å². The molecule has 0 aromatic carbocycles. The number of hydrogen-bond donors (Lipinski definition) is 2. The van der Waals surface area contributed by atoms with Crippen molar-refractivity contribution in [2.24, 2.45) is 0 Å². The van der Waals surface area contributed by atoms with E-state index in [2.05, 4.69) is 33.0 Å². The molecule has 6 nitrogen and oxygen atoms in total.